The first-order chi connectivity index (χ1) is 15.1. The van der Waals surface area contributed by atoms with Crippen LogP contribution in [0.3, 0.4) is 0 Å². The maximum absolute atomic E-state index is 12.7. The number of methoxy groups -OCH3 is 1. The number of hydrogen-bond acceptors (Lipinski definition) is 7. The fourth-order valence-corrected chi connectivity index (χ4v) is 3.90. The largest absolute Gasteiger partial charge is 0.497 e. The first kappa shape index (κ1) is 19.0. The molecule has 156 valence electrons. The zero-order chi connectivity index (χ0) is 21.5. The Kier molecular flexibility index (Phi) is 4.50. The summed E-state index contributed by atoms with van der Waals surface area (Å²) in [5.74, 6) is 1.51. The van der Waals surface area contributed by atoms with Crippen LogP contribution in [0, 0.1) is 0 Å². The second-order valence-corrected chi connectivity index (χ2v) is 7.72. The fourth-order valence-electron chi connectivity index (χ4n) is 3.90. The van der Waals surface area contributed by atoms with E-state index < -0.39 is 6.04 Å². The van der Waals surface area contributed by atoms with Gasteiger partial charge in [0.25, 0.3) is 5.56 Å². The molecule has 9 nitrogen and oxygen atoms in total. The Labute approximate surface area is 178 Å². The maximum atomic E-state index is 12.7. The third-order valence-corrected chi connectivity index (χ3v) is 5.53. The van der Waals surface area contributed by atoms with Gasteiger partial charge in [0.2, 0.25) is 5.95 Å². The minimum Gasteiger partial charge on any atom is -0.497 e. The summed E-state index contributed by atoms with van der Waals surface area (Å²) in [4.78, 5) is 12.7. The number of tetrazole rings is 1. The van der Waals surface area contributed by atoms with Gasteiger partial charge in [-0.15, -0.1) is 0 Å². The summed E-state index contributed by atoms with van der Waals surface area (Å²) in [6.45, 7) is 4.30. The maximum Gasteiger partial charge on any atom is 0.288 e. The zero-order valence-electron chi connectivity index (χ0n) is 17.3. The van der Waals surface area contributed by atoms with Crippen LogP contribution in [-0.4, -0.2) is 37.5 Å². The minimum atomic E-state index is -0.418. The van der Waals surface area contributed by atoms with Crippen LogP contribution in [0.2, 0.25) is 0 Å². The van der Waals surface area contributed by atoms with Crippen LogP contribution in [0.5, 0.6) is 5.75 Å². The first-order valence-corrected chi connectivity index (χ1v) is 9.98. The molecule has 5 rings (SSSR count). The average molecular weight is 415 g/mol. The summed E-state index contributed by atoms with van der Waals surface area (Å²) in [6.07, 6.45) is 0. The molecule has 0 saturated heterocycles. The summed E-state index contributed by atoms with van der Waals surface area (Å²) in [5.41, 5.74) is 4.38. The van der Waals surface area contributed by atoms with Gasteiger partial charge < -0.3 is 10.1 Å². The van der Waals surface area contributed by atoms with Gasteiger partial charge in [0, 0.05) is 11.1 Å². The topological polar surface area (TPSA) is 111 Å². The third kappa shape index (κ3) is 3.14. The minimum absolute atomic E-state index is 0.334. The highest BCUT2D eigenvalue weighted by atomic mass is 16.5. The Balaban J connectivity index is 1.76. The highest BCUT2D eigenvalue weighted by molar-refractivity contribution is 5.76. The van der Waals surface area contributed by atoms with Gasteiger partial charge in [-0.25, -0.2) is 5.10 Å². The van der Waals surface area contributed by atoms with E-state index in [9.17, 15) is 4.79 Å². The molecule has 0 unspecified atom stereocenters. The van der Waals surface area contributed by atoms with Gasteiger partial charge in [-0.1, -0.05) is 55.3 Å². The summed E-state index contributed by atoms with van der Waals surface area (Å²) in [5, 5.41) is 22.1. The van der Waals surface area contributed by atoms with Crippen molar-refractivity contribution in [3.05, 3.63) is 75.6 Å². The molecule has 0 fully saturated rings. The Bertz CT molecular complexity index is 1310. The van der Waals surface area contributed by atoms with E-state index in [1.54, 1.807) is 11.8 Å². The Morgan fingerprint density at radius 3 is 2.68 bits per heavy atom. The predicted molar refractivity (Wildman–Crippen MR) is 116 cm³/mol. The van der Waals surface area contributed by atoms with Crippen LogP contribution in [0.1, 0.15) is 42.5 Å². The number of benzene rings is 2. The van der Waals surface area contributed by atoms with Crippen molar-refractivity contribution in [2.45, 2.75) is 25.8 Å². The number of fused-ring (bicyclic) bond motifs is 2. The molecule has 2 aromatic heterocycles. The van der Waals surface area contributed by atoms with Crippen molar-refractivity contribution < 1.29 is 4.74 Å². The molecule has 0 aliphatic carbocycles. The van der Waals surface area contributed by atoms with Crippen LogP contribution >= 0.6 is 0 Å². The highest BCUT2D eigenvalue weighted by Gasteiger charge is 2.34. The Hall–Kier alpha value is -4.01. The molecular weight excluding hydrogens is 394 g/mol. The van der Waals surface area contributed by atoms with E-state index in [4.69, 9.17) is 4.74 Å². The van der Waals surface area contributed by atoms with Gasteiger partial charge in [0.05, 0.1) is 12.8 Å². The molecule has 0 spiro atoms. The normalized spacial score (nSPS) is 14.6. The lowest BCUT2D eigenvalue weighted by atomic mass is 9.91. The molecule has 3 heterocycles. The lowest BCUT2D eigenvalue weighted by Crippen LogP contribution is -2.29. The van der Waals surface area contributed by atoms with Crippen molar-refractivity contribution in [3.63, 3.8) is 0 Å². The first-order valence-electron chi connectivity index (χ1n) is 9.98. The Morgan fingerprint density at radius 2 is 1.94 bits per heavy atom. The lowest BCUT2D eigenvalue weighted by molar-refractivity contribution is 0.415. The standard InChI is InChI=1S/C22H21N7O2/c1-12(2)13-7-9-14(10-8-13)20-17-18(15-5-4-6-16(11-15)31-3)24-25-21(30)19(17)23-22-26-27-28-29(20)22/h4-12,20H,1-3H3,(H,25,30)(H,23,26,28)/t20-/m0/s1. The van der Waals surface area contributed by atoms with Crippen molar-refractivity contribution in [1.82, 2.24) is 30.4 Å². The van der Waals surface area contributed by atoms with Crippen LogP contribution < -0.4 is 15.6 Å². The van der Waals surface area contributed by atoms with E-state index in [0.29, 0.717) is 34.6 Å². The monoisotopic (exact) mass is 415 g/mol. The van der Waals surface area contributed by atoms with Crippen molar-refractivity contribution in [2.24, 2.45) is 0 Å². The molecule has 2 aromatic carbocycles. The van der Waals surface area contributed by atoms with Gasteiger partial charge in [-0.3, -0.25) is 4.79 Å². The SMILES string of the molecule is COc1cccc(-c2n[nH]c(=O)c3c2[C@H](c2ccc(C(C)C)cc2)n2nnnc2N3)c1. The summed E-state index contributed by atoms with van der Waals surface area (Å²) in [6, 6.07) is 15.4. The molecular formula is C22H21N7O2. The second-order valence-electron chi connectivity index (χ2n) is 7.72. The molecule has 1 aliphatic rings. The smallest absolute Gasteiger partial charge is 0.288 e. The number of aromatic nitrogens is 6. The molecule has 1 aliphatic heterocycles. The number of anilines is 2. The van der Waals surface area contributed by atoms with E-state index in [2.05, 4.69) is 69.2 Å². The molecule has 0 bridgehead atoms. The summed E-state index contributed by atoms with van der Waals surface area (Å²) >= 11 is 0. The number of aromatic amines is 1. The fraction of sp³-hybridized carbons (Fsp3) is 0.227. The molecule has 0 saturated carbocycles. The molecule has 31 heavy (non-hydrogen) atoms. The number of ether oxygens (including phenoxy) is 1. The summed E-state index contributed by atoms with van der Waals surface area (Å²) in [7, 11) is 1.61. The van der Waals surface area contributed by atoms with E-state index >= 15 is 0 Å². The van der Waals surface area contributed by atoms with E-state index in [1.807, 2.05) is 24.3 Å². The lowest BCUT2D eigenvalue weighted by Gasteiger charge is -2.28. The van der Waals surface area contributed by atoms with Crippen molar-refractivity contribution in [3.8, 4) is 17.0 Å². The number of hydrogen-bond donors (Lipinski definition) is 2. The molecule has 0 radical (unpaired) electrons. The van der Waals surface area contributed by atoms with Crippen LogP contribution in [0.25, 0.3) is 11.3 Å². The van der Waals surface area contributed by atoms with Gasteiger partial charge in [0.1, 0.15) is 17.5 Å². The van der Waals surface area contributed by atoms with Gasteiger partial charge in [0.15, 0.2) is 0 Å². The Morgan fingerprint density at radius 1 is 1.13 bits per heavy atom. The van der Waals surface area contributed by atoms with Crippen molar-refractivity contribution >= 4 is 11.6 Å². The van der Waals surface area contributed by atoms with Gasteiger partial charge in [-0.05, 0) is 39.6 Å². The van der Waals surface area contributed by atoms with E-state index in [-0.39, 0.29) is 5.56 Å². The van der Waals surface area contributed by atoms with E-state index in [0.717, 1.165) is 11.1 Å². The number of H-pyrrole nitrogens is 1. The average Bonchev–Trinajstić information content (AvgIpc) is 3.26. The molecule has 9 heteroatoms. The molecule has 1 atom stereocenters. The predicted octanol–water partition coefficient (Wildman–Crippen LogP) is 3.25. The van der Waals surface area contributed by atoms with Crippen molar-refractivity contribution in [1.29, 1.82) is 0 Å². The van der Waals surface area contributed by atoms with Crippen LogP contribution in [0.15, 0.2) is 53.3 Å². The van der Waals surface area contributed by atoms with Gasteiger partial charge in [-0.2, -0.15) is 9.78 Å². The van der Waals surface area contributed by atoms with Crippen molar-refractivity contribution in [2.75, 3.05) is 12.4 Å². The van der Waals surface area contributed by atoms with Crippen LogP contribution in [0.4, 0.5) is 11.6 Å². The molecule has 2 N–H and O–H groups in total. The molecule has 0 amide bonds. The zero-order valence-corrected chi connectivity index (χ0v) is 17.3. The number of nitrogens with zero attached hydrogens (tertiary/aromatic N) is 5. The second kappa shape index (κ2) is 7.35. The quantitative estimate of drug-likeness (QED) is 0.463. The number of nitrogens with one attached hydrogen (secondary N) is 2. The van der Waals surface area contributed by atoms with E-state index in [1.165, 1.54) is 5.56 Å². The third-order valence-electron chi connectivity index (χ3n) is 5.53. The summed E-state index contributed by atoms with van der Waals surface area (Å²) < 4.78 is 7.06. The van der Waals surface area contributed by atoms with Crippen LogP contribution in [-0.2, 0) is 0 Å². The van der Waals surface area contributed by atoms with Gasteiger partial charge >= 0.3 is 0 Å². The number of rotatable bonds is 4. The highest BCUT2D eigenvalue weighted by Crippen LogP contribution is 2.41. The molecule has 4 aromatic rings.